The van der Waals surface area contributed by atoms with E-state index in [-0.39, 0.29) is 6.61 Å². The van der Waals surface area contributed by atoms with Gasteiger partial charge in [0.2, 0.25) is 0 Å². The van der Waals surface area contributed by atoms with Gasteiger partial charge in [0.25, 0.3) is 0 Å². The minimum atomic E-state index is 0.254. The summed E-state index contributed by atoms with van der Waals surface area (Å²) in [6, 6.07) is 0. The van der Waals surface area contributed by atoms with Crippen molar-refractivity contribution in [2.75, 3.05) is 20.2 Å². The third-order valence-electron chi connectivity index (χ3n) is 1.88. The van der Waals surface area contributed by atoms with Crippen LogP contribution in [0.15, 0.2) is 0 Å². The second kappa shape index (κ2) is 6.16. The molecule has 0 rings (SSSR count). The van der Waals surface area contributed by atoms with Gasteiger partial charge in [0.1, 0.15) is 0 Å². The first-order valence-corrected chi connectivity index (χ1v) is 4.06. The lowest BCUT2D eigenvalue weighted by molar-refractivity contribution is 0.239. The summed E-state index contributed by atoms with van der Waals surface area (Å²) in [5, 5.41) is 15.6. The highest BCUT2D eigenvalue weighted by Gasteiger charge is 2.06. The van der Waals surface area contributed by atoms with Gasteiger partial charge in [-0.1, -0.05) is 13.3 Å². The Labute approximate surface area is 68.5 Å². The van der Waals surface area contributed by atoms with E-state index in [0.29, 0.717) is 5.92 Å². The number of nitrogens with zero attached hydrogens (tertiary/aromatic N) is 1. The Kier molecular flexibility index (Phi) is 5.84. The third kappa shape index (κ3) is 4.79. The number of hydrogen-bond acceptors (Lipinski definition) is 2. The predicted molar refractivity (Wildman–Crippen MR) is 46.9 cm³/mol. The molecule has 66 valence electrons. The Morgan fingerprint density at radius 2 is 2.27 bits per heavy atom. The number of hydrogen-bond donors (Lipinski definition) is 2. The van der Waals surface area contributed by atoms with Crippen molar-refractivity contribution in [1.29, 1.82) is 5.41 Å². The van der Waals surface area contributed by atoms with Gasteiger partial charge in [-0.15, -0.1) is 0 Å². The normalized spacial score (nSPS) is 12.6. The molecule has 3 nitrogen and oxygen atoms in total. The first-order chi connectivity index (χ1) is 5.24. The van der Waals surface area contributed by atoms with Gasteiger partial charge in [-0.25, -0.2) is 0 Å². The van der Waals surface area contributed by atoms with E-state index in [1.165, 1.54) is 6.34 Å². The minimum Gasteiger partial charge on any atom is -0.396 e. The summed E-state index contributed by atoms with van der Waals surface area (Å²) in [7, 11) is 1.88. The lowest BCUT2D eigenvalue weighted by Gasteiger charge is -2.19. The molecule has 0 amide bonds. The zero-order valence-electron chi connectivity index (χ0n) is 7.38. The molecule has 0 radical (unpaired) electrons. The minimum absolute atomic E-state index is 0.254. The van der Waals surface area contributed by atoms with Crippen LogP contribution in [0.2, 0.25) is 0 Å². The molecule has 1 unspecified atom stereocenters. The summed E-state index contributed by atoms with van der Waals surface area (Å²) in [5.41, 5.74) is 0. The van der Waals surface area contributed by atoms with Crippen LogP contribution in [0.3, 0.4) is 0 Å². The number of nitrogens with one attached hydrogen (secondary N) is 1. The Morgan fingerprint density at radius 3 is 2.64 bits per heavy atom. The molecule has 0 aromatic rings. The van der Waals surface area contributed by atoms with E-state index in [9.17, 15) is 0 Å². The summed E-state index contributed by atoms with van der Waals surface area (Å²) in [6.07, 6.45) is 3.23. The van der Waals surface area contributed by atoms with Crippen molar-refractivity contribution in [3.05, 3.63) is 0 Å². The molecule has 0 saturated carbocycles. The van der Waals surface area contributed by atoms with Crippen LogP contribution in [0.4, 0.5) is 0 Å². The average Bonchev–Trinajstić information content (AvgIpc) is 2.03. The maximum atomic E-state index is 8.68. The lowest BCUT2D eigenvalue weighted by atomic mass is 10.0. The topological polar surface area (TPSA) is 47.3 Å². The molecule has 2 N–H and O–H groups in total. The van der Waals surface area contributed by atoms with Crippen molar-refractivity contribution >= 4 is 6.34 Å². The molecule has 0 spiro atoms. The van der Waals surface area contributed by atoms with Gasteiger partial charge in [-0.3, -0.25) is 5.41 Å². The maximum absolute atomic E-state index is 8.68. The molecular weight excluding hydrogens is 140 g/mol. The fourth-order valence-electron chi connectivity index (χ4n) is 1.07. The second-order valence-electron chi connectivity index (χ2n) is 2.86. The summed E-state index contributed by atoms with van der Waals surface area (Å²) < 4.78 is 0. The molecule has 0 aliphatic carbocycles. The van der Waals surface area contributed by atoms with Gasteiger partial charge in [-0.2, -0.15) is 0 Å². The van der Waals surface area contributed by atoms with Crippen LogP contribution >= 0.6 is 0 Å². The first kappa shape index (κ1) is 10.4. The monoisotopic (exact) mass is 158 g/mol. The number of rotatable bonds is 6. The van der Waals surface area contributed by atoms with Crippen molar-refractivity contribution < 1.29 is 5.11 Å². The molecule has 0 bridgehead atoms. The molecule has 0 aromatic heterocycles. The second-order valence-corrected chi connectivity index (χ2v) is 2.86. The van der Waals surface area contributed by atoms with Crippen molar-refractivity contribution in [1.82, 2.24) is 4.90 Å². The van der Waals surface area contributed by atoms with E-state index < -0.39 is 0 Å². The van der Waals surface area contributed by atoms with Crippen LogP contribution in [0.25, 0.3) is 0 Å². The van der Waals surface area contributed by atoms with E-state index in [4.69, 9.17) is 10.5 Å². The Morgan fingerprint density at radius 1 is 1.64 bits per heavy atom. The van der Waals surface area contributed by atoms with Crippen molar-refractivity contribution in [2.45, 2.75) is 19.8 Å². The maximum Gasteiger partial charge on any atom is 0.0814 e. The zero-order valence-corrected chi connectivity index (χ0v) is 7.38. The van der Waals surface area contributed by atoms with Gasteiger partial charge < -0.3 is 10.0 Å². The standard InChI is InChI=1S/C8H18N2O/c1-3-8(4-5-11)6-10(2)7-9/h7-9,11H,3-6H2,1-2H3. The predicted octanol–water partition coefficient (Wildman–Crippen LogP) is 0.934. The Hall–Kier alpha value is -0.570. The van der Waals surface area contributed by atoms with Crippen LogP contribution in [0.5, 0.6) is 0 Å². The fourth-order valence-corrected chi connectivity index (χ4v) is 1.07. The van der Waals surface area contributed by atoms with E-state index in [1.54, 1.807) is 0 Å². The highest BCUT2D eigenvalue weighted by atomic mass is 16.3. The molecule has 0 aliphatic heterocycles. The first-order valence-electron chi connectivity index (χ1n) is 4.06. The van der Waals surface area contributed by atoms with Crippen LogP contribution in [-0.4, -0.2) is 36.5 Å². The van der Waals surface area contributed by atoms with Crippen LogP contribution in [0.1, 0.15) is 19.8 Å². The third-order valence-corrected chi connectivity index (χ3v) is 1.88. The van der Waals surface area contributed by atoms with Crippen molar-refractivity contribution in [3.8, 4) is 0 Å². The quantitative estimate of drug-likeness (QED) is 0.446. The highest BCUT2D eigenvalue weighted by Crippen LogP contribution is 2.07. The smallest absolute Gasteiger partial charge is 0.0814 e. The zero-order chi connectivity index (χ0) is 8.69. The molecule has 11 heavy (non-hydrogen) atoms. The molecule has 0 saturated heterocycles. The summed E-state index contributed by atoms with van der Waals surface area (Å²) in [5.74, 6) is 0.520. The molecule has 1 atom stereocenters. The highest BCUT2D eigenvalue weighted by molar-refractivity contribution is 5.49. The summed E-state index contributed by atoms with van der Waals surface area (Å²) >= 11 is 0. The molecule has 0 aromatic carbocycles. The van der Waals surface area contributed by atoms with Crippen molar-refractivity contribution in [3.63, 3.8) is 0 Å². The van der Waals surface area contributed by atoms with Crippen LogP contribution in [0, 0.1) is 11.3 Å². The van der Waals surface area contributed by atoms with E-state index >= 15 is 0 Å². The van der Waals surface area contributed by atoms with Gasteiger partial charge >= 0.3 is 0 Å². The molecule has 0 fully saturated rings. The van der Waals surface area contributed by atoms with E-state index in [2.05, 4.69) is 6.92 Å². The molecule has 0 heterocycles. The van der Waals surface area contributed by atoms with E-state index in [1.807, 2.05) is 11.9 Å². The Bertz CT molecular complexity index is 106. The van der Waals surface area contributed by atoms with Crippen molar-refractivity contribution in [2.24, 2.45) is 5.92 Å². The van der Waals surface area contributed by atoms with Gasteiger partial charge in [-0.05, 0) is 12.3 Å². The van der Waals surface area contributed by atoms with Gasteiger partial charge in [0.15, 0.2) is 0 Å². The molecule has 3 heteroatoms. The fraction of sp³-hybridized carbons (Fsp3) is 0.875. The largest absolute Gasteiger partial charge is 0.396 e. The van der Waals surface area contributed by atoms with Crippen LogP contribution in [-0.2, 0) is 0 Å². The van der Waals surface area contributed by atoms with Gasteiger partial charge in [0.05, 0.1) is 6.34 Å². The average molecular weight is 158 g/mol. The summed E-state index contributed by atoms with van der Waals surface area (Å²) in [4.78, 5) is 1.84. The lowest BCUT2D eigenvalue weighted by Crippen LogP contribution is -2.24. The number of aliphatic hydroxyl groups excluding tert-OH is 1. The SMILES string of the molecule is CCC(CCO)CN(C)C=N. The Balaban J connectivity index is 3.57. The molecule has 0 aliphatic rings. The summed E-state index contributed by atoms with van der Waals surface area (Å²) in [6.45, 7) is 3.24. The number of aliphatic hydroxyl groups is 1. The van der Waals surface area contributed by atoms with E-state index in [0.717, 1.165) is 19.4 Å². The van der Waals surface area contributed by atoms with Gasteiger partial charge in [0, 0.05) is 20.2 Å². The molecular formula is C8H18N2O. The van der Waals surface area contributed by atoms with Crippen LogP contribution < -0.4 is 0 Å².